The van der Waals surface area contributed by atoms with Gasteiger partial charge in [0.25, 0.3) is 5.91 Å². The monoisotopic (exact) mass is 281 g/mol. The molecule has 0 bridgehead atoms. The fraction of sp³-hybridized carbons (Fsp3) is 0.533. The molecule has 0 aromatic heterocycles. The summed E-state index contributed by atoms with van der Waals surface area (Å²) in [7, 11) is 1.55. The van der Waals surface area contributed by atoms with Gasteiger partial charge < -0.3 is 19.9 Å². The molecule has 5 nitrogen and oxygen atoms in total. The number of benzene rings is 1. The van der Waals surface area contributed by atoms with Crippen LogP contribution in [0.15, 0.2) is 18.2 Å². The minimum absolute atomic E-state index is 0.0937. The Morgan fingerprint density at radius 2 is 2.10 bits per heavy atom. The SMILES string of the molecule is CCC(C)(C)NC(=O)COc1cc(OC)ccc1CO. The number of methoxy groups -OCH3 is 1. The number of amides is 1. The van der Waals surface area contributed by atoms with E-state index in [-0.39, 0.29) is 24.7 Å². The van der Waals surface area contributed by atoms with Gasteiger partial charge in [-0.3, -0.25) is 4.79 Å². The highest BCUT2D eigenvalue weighted by Gasteiger charge is 2.18. The lowest BCUT2D eigenvalue weighted by atomic mass is 10.0. The predicted molar refractivity (Wildman–Crippen MR) is 76.9 cm³/mol. The first-order valence-corrected chi connectivity index (χ1v) is 6.63. The lowest BCUT2D eigenvalue weighted by Gasteiger charge is -2.24. The maximum Gasteiger partial charge on any atom is 0.258 e. The van der Waals surface area contributed by atoms with Crippen molar-refractivity contribution >= 4 is 5.91 Å². The lowest BCUT2D eigenvalue weighted by molar-refractivity contribution is -0.124. The normalized spacial score (nSPS) is 11.1. The molecule has 0 aliphatic heterocycles. The molecule has 0 fully saturated rings. The Hall–Kier alpha value is -1.75. The molecule has 1 amide bonds. The first-order valence-electron chi connectivity index (χ1n) is 6.63. The van der Waals surface area contributed by atoms with Gasteiger partial charge in [0, 0.05) is 17.2 Å². The van der Waals surface area contributed by atoms with Gasteiger partial charge in [-0.25, -0.2) is 0 Å². The second-order valence-electron chi connectivity index (χ2n) is 5.21. The third-order valence-electron chi connectivity index (χ3n) is 3.17. The zero-order valence-corrected chi connectivity index (χ0v) is 12.5. The van der Waals surface area contributed by atoms with E-state index < -0.39 is 0 Å². The Bertz CT molecular complexity index is 457. The van der Waals surface area contributed by atoms with Gasteiger partial charge in [0.1, 0.15) is 11.5 Å². The van der Waals surface area contributed by atoms with E-state index in [0.717, 1.165) is 6.42 Å². The number of aliphatic hydroxyl groups excluding tert-OH is 1. The summed E-state index contributed by atoms with van der Waals surface area (Å²) >= 11 is 0. The third kappa shape index (κ3) is 4.74. The van der Waals surface area contributed by atoms with Gasteiger partial charge in [-0.1, -0.05) is 6.92 Å². The van der Waals surface area contributed by atoms with Crippen LogP contribution in [0.2, 0.25) is 0 Å². The molecule has 2 N–H and O–H groups in total. The summed E-state index contributed by atoms with van der Waals surface area (Å²) in [5.74, 6) is 0.881. The molecule has 1 aromatic carbocycles. The summed E-state index contributed by atoms with van der Waals surface area (Å²) in [5.41, 5.74) is 0.364. The molecule has 0 heterocycles. The van der Waals surface area contributed by atoms with Gasteiger partial charge in [0.15, 0.2) is 6.61 Å². The first-order chi connectivity index (χ1) is 9.41. The van der Waals surface area contributed by atoms with Gasteiger partial charge in [0.2, 0.25) is 0 Å². The number of ether oxygens (including phenoxy) is 2. The fourth-order valence-corrected chi connectivity index (χ4v) is 1.57. The topological polar surface area (TPSA) is 67.8 Å². The van der Waals surface area contributed by atoms with Crippen molar-refractivity contribution in [1.29, 1.82) is 0 Å². The number of carbonyl (C=O) groups excluding carboxylic acids is 1. The number of nitrogens with one attached hydrogen (secondary N) is 1. The maximum absolute atomic E-state index is 11.8. The molecule has 0 aliphatic rings. The molecule has 0 saturated heterocycles. The molecule has 0 saturated carbocycles. The number of rotatable bonds is 7. The van der Waals surface area contributed by atoms with E-state index in [4.69, 9.17) is 9.47 Å². The van der Waals surface area contributed by atoms with Crippen molar-refractivity contribution in [3.63, 3.8) is 0 Å². The molecular weight excluding hydrogens is 258 g/mol. The number of hydrogen-bond acceptors (Lipinski definition) is 4. The maximum atomic E-state index is 11.8. The van der Waals surface area contributed by atoms with Gasteiger partial charge >= 0.3 is 0 Å². The van der Waals surface area contributed by atoms with Crippen molar-refractivity contribution in [2.24, 2.45) is 0 Å². The van der Waals surface area contributed by atoms with E-state index in [0.29, 0.717) is 17.1 Å². The molecule has 0 radical (unpaired) electrons. The molecule has 0 unspecified atom stereocenters. The van der Waals surface area contributed by atoms with Crippen LogP contribution >= 0.6 is 0 Å². The van der Waals surface area contributed by atoms with Crippen molar-refractivity contribution < 1.29 is 19.4 Å². The van der Waals surface area contributed by atoms with Gasteiger partial charge in [-0.15, -0.1) is 0 Å². The van der Waals surface area contributed by atoms with E-state index in [1.54, 1.807) is 25.3 Å². The quantitative estimate of drug-likeness (QED) is 0.800. The molecule has 5 heteroatoms. The minimum atomic E-state index is -0.255. The van der Waals surface area contributed by atoms with Crippen LogP contribution in [0.1, 0.15) is 32.8 Å². The zero-order valence-electron chi connectivity index (χ0n) is 12.5. The summed E-state index contributed by atoms with van der Waals surface area (Å²) in [5, 5.41) is 12.1. The second-order valence-corrected chi connectivity index (χ2v) is 5.21. The Morgan fingerprint density at radius 1 is 1.40 bits per heavy atom. The van der Waals surface area contributed by atoms with Crippen molar-refractivity contribution in [1.82, 2.24) is 5.32 Å². The summed E-state index contributed by atoms with van der Waals surface area (Å²) in [4.78, 5) is 11.8. The number of hydrogen-bond donors (Lipinski definition) is 2. The number of aliphatic hydroxyl groups is 1. The van der Waals surface area contributed by atoms with E-state index >= 15 is 0 Å². The molecular formula is C15H23NO4. The standard InChI is InChI=1S/C15H23NO4/c1-5-15(2,3)16-14(18)10-20-13-8-12(19-4)7-6-11(13)9-17/h6-8,17H,5,9-10H2,1-4H3,(H,16,18). The Balaban J connectivity index is 2.67. The predicted octanol–water partition coefficient (Wildman–Crippen LogP) is 1.87. The second kappa shape index (κ2) is 7.14. The highest BCUT2D eigenvalue weighted by atomic mass is 16.5. The highest BCUT2D eigenvalue weighted by molar-refractivity contribution is 5.78. The minimum Gasteiger partial charge on any atom is -0.497 e. The van der Waals surface area contributed by atoms with Gasteiger partial charge in [-0.05, 0) is 32.4 Å². The van der Waals surface area contributed by atoms with E-state index in [2.05, 4.69) is 5.32 Å². The largest absolute Gasteiger partial charge is 0.497 e. The molecule has 20 heavy (non-hydrogen) atoms. The average Bonchev–Trinajstić information content (AvgIpc) is 2.44. The fourth-order valence-electron chi connectivity index (χ4n) is 1.57. The van der Waals surface area contributed by atoms with Crippen LogP contribution in [-0.2, 0) is 11.4 Å². The molecule has 112 valence electrons. The van der Waals surface area contributed by atoms with Crippen LogP contribution in [0.3, 0.4) is 0 Å². The Kier molecular flexibility index (Phi) is 5.82. The molecule has 0 aliphatic carbocycles. The first kappa shape index (κ1) is 16.3. The van der Waals surface area contributed by atoms with Crippen LogP contribution in [0.25, 0.3) is 0 Å². The summed E-state index contributed by atoms with van der Waals surface area (Å²) in [6.45, 7) is 5.67. The van der Waals surface area contributed by atoms with Gasteiger partial charge in [0.05, 0.1) is 13.7 Å². The molecule has 1 aromatic rings. The van der Waals surface area contributed by atoms with E-state index in [1.807, 2.05) is 20.8 Å². The van der Waals surface area contributed by atoms with Crippen molar-refractivity contribution in [2.45, 2.75) is 39.3 Å². The number of carbonyl (C=O) groups is 1. The molecule has 0 atom stereocenters. The van der Waals surface area contributed by atoms with Crippen LogP contribution in [0.4, 0.5) is 0 Å². The summed E-state index contributed by atoms with van der Waals surface area (Å²) < 4.78 is 10.6. The average molecular weight is 281 g/mol. The van der Waals surface area contributed by atoms with E-state index in [1.165, 1.54) is 0 Å². The summed E-state index contributed by atoms with van der Waals surface area (Å²) in [6.07, 6.45) is 0.833. The van der Waals surface area contributed by atoms with Crippen LogP contribution in [-0.4, -0.2) is 30.3 Å². The lowest BCUT2D eigenvalue weighted by Crippen LogP contribution is -2.44. The third-order valence-corrected chi connectivity index (χ3v) is 3.17. The van der Waals surface area contributed by atoms with Crippen molar-refractivity contribution in [3.05, 3.63) is 23.8 Å². The highest BCUT2D eigenvalue weighted by Crippen LogP contribution is 2.24. The van der Waals surface area contributed by atoms with Crippen molar-refractivity contribution in [3.8, 4) is 11.5 Å². The van der Waals surface area contributed by atoms with Gasteiger partial charge in [-0.2, -0.15) is 0 Å². The summed E-state index contributed by atoms with van der Waals surface area (Å²) in [6, 6.07) is 5.10. The van der Waals surface area contributed by atoms with Crippen LogP contribution in [0.5, 0.6) is 11.5 Å². The molecule has 0 spiro atoms. The Labute approximate surface area is 119 Å². The van der Waals surface area contributed by atoms with Crippen LogP contribution in [0, 0.1) is 0 Å². The Morgan fingerprint density at radius 3 is 2.65 bits per heavy atom. The molecule has 1 rings (SSSR count). The van der Waals surface area contributed by atoms with E-state index in [9.17, 15) is 9.90 Å². The van der Waals surface area contributed by atoms with Crippen molar-refractivity contribution in [2.75, 3.05) is 13.7 Å². The zero-order chi connectivity index (χ0) is 15.2. The van der Waals surface area contributed by atoms with Crippen LogP contribution < -0.4 is 14.8 Å². The smallest absolute Gasteiger partial charge is 0.258 e.